The number of aliphatic hydroxyl groups excluding tert-OH is 1. The summed E-state index contributed by atoms with van der Waals surface area (Å²) in [5.74, 6) is -3.42. The minimum Gasteiger partial charge on any atom is -0.456 e. The number of rotatable bonds is 5. The van der Waals surface area contributed by atoms with Crippen LogP contribution in [0.5, 0.6) is 0 Å². The molecule has 90 valence electrons. The molecule has 1 aromatic heterocycles. The number of carbonyl (C=O) groups is 1. The van der Waals surface area contributed by atoms with Gasteiger partial charge in [0, 0.05) is 6.42 Å². The van der Waals surface area contributed by atoms with Gasteiger partial charge in [0.1, 0.15) is 12.4 Å². The van der Waals surface area contributed by atoms with Gasteiger partial charge in [0.25, 0.3) is 11.8 Å². The Bertz CT molecular complexity index is 363. The lowest BCUT2D eigenvalue weighted by molar-refractivity contribution is -0.0463. The maximum Gasteiger partial charge on any atom is 0.287 e. The van der Waals surface area contributed by atoms with Gasteiger partial charge in [-0.1, -0.05) is 6.92 Å². The summed E-state index contributed by atoms with van der Waals surface area (Å²) in [6.07, 6.45) is 0.625. The monoisotopic (exact) mass is 233 g/mol. The average molecular weight is 233 g/mol. The highest BCUT2D eigenvalue weighted by Gasteiger charge is 2.28. The van der Waals surface area contributed by atoms with E-state index in [0.29, 0.717) is 12.2 Å². The molecule has 0 aromatic carbocycles. The number of amides is 1. The van der Waals surface area contributed by atoms with Crippen LogP contribution in [0, 0.1) is 0 Å². The molecule has 1 heterocycles. The number of aryl methyl sites for hydroxylation is 1. The lowest BCUT2D eigenvalue weighted by Gasteiger charge is -2.12. The number of alkyl halides is 2. The molecule has 0 aliphatic carbocycles. The van der Waals surface area contributed by atoms with Gasteiger partial charge in [0.15, 0.2) is 5.76 Å². The van der Waals surface area contributed by atoms with Gasteiger partial charge in [-0.25, -0.2) is 8.78 Å². The van der Waals surface area contributed by atoms with Gasteiger partial charge in [-0.15, -0.1) is 0 Å². The fourth-order valence-electron chi connectivity index (χ4n) is 1.04. The van der Waals surface area contributed by atoms with Crippen LogP contribution in [0.3, 0.4) is 0 Å². The SMILES string of the molecule is CCc1ccc(C(=O)NCC(F)(F)CO)o1. The Labute approximate surface area is 91.3 Å². The molecule has 0 spiro atoms. The number of furan rings is 1. The Morgan fingerprint density at radius 2 is 2.25 bits per heavy atom. The van der Waals surface area contributed by atoms with Crippen molar-refractivity contribution in [2.75, 3.05) is 13.2 Å². The Kier molecular flexibility index (Phi) is 4.00. The van der Waals surface area contributed by atoms with E-state index in [1.165, 1.54) is 6.07 Å². The smallest absolute Gasteiger partial charge is 0.287 e. The normalized spacial score (nSPS) is 11.5. The molecular formula is C10H13F2NO3. The summed E-state index contributed by atoms with van der Waals surface area (Å²) in [5.41, 5.74) is 0. The van der Waals surface area contributed by atoms with Crippen molar-refractivity contribution in [2.45, 2.75) is 19.3 Å². The molecular weight excluding hydrogens is 220 g/mol. The zero-order chi connectivity index (χ0) is 12.2. The summed E-state index contributed by atoms with van der Waals surface area (Å²) < 4.78 is 30.3. The predicted molar refractivity (Wildman–Crippen MR) is 52.5 cm³/mol. The maximum atomic E-state index is 12.6. The minimum atomic E-state index is -3.31. The molecule has 0 saturated heterocycles. The molecule has 0 aliphatic rings. The highest BCUT2D eigenvalue weighted by atomic mass is 19.3. The molecule has 1 amide bonds. The lowest BCUT2D eigenvalue weighted by Crippen LogP contribution is -2.38. The number of halogens is 2. The lowest BCUT2D eigenvalue weighted by atomic mass is 10.3. The molecule has 2 N–H and O–H groups in total. The number of hydrogen-bond acceptors (Lipinski definition) is 3. The highest BCUT2D eigenvalue weighted by molar-refractivity contribution is 5.91. The zero-order valence-corrected chi connectivity index (χ0v) is 8.80. The van der Waals surface area contributed by atoms with Crippen LogP contribution >= 0.6 is 0 Å². The van der Waals surface area contributed by atoms with E-state index in [-0.39, 0.29) is 5.76 Å². The first-order valence-corrected chi connectivity index (χ1v) is 4.84. The third kappa shape index (κ3) is 3.30. The van der Waals surface area contributed by atoms with E-state index in [1.54, 1.807) is 6.07 Å². The van der Waals surface area contributed by atoms with Crippen molar-refractivity contribution in [3.05, 3.63) is 23.7 Å². The first-order chi connectivity index (χ1) is 7.48. The molecule has 1 rings (SSSR count). The summed E-state index contributed by atoms with van der Waals surface area (Å²) in [4.78, 5) is 11.3. The molecule has 6 heteroatoms. The minimum absolute atomic E-state index is 0.00871. The number of carbonyl (C=O) groups excluding carboxylic acids is 1. The summed E-state index contributed by atoms with van der Waals surface area (Å²) >= 11 is 0. The van der Waals surface area contributed by atoms with Gasteiger partial charge in [-0.05, 0) is 12.1 Å². The van der Waals surface area contributed by atoms with Gasteiger partial charge in [0.05, 0.1) is 6.54 Å². The Morgan fingerprint density at radius 1 is 1.56 bits per heavy atom. The highest BCUT2D eigenvalue weighted by Crippen LogP contribution is 2.11. The van der Waals surface area contributed by atoms with Crippen molar-refractivity contribution < 1.29 is 23.1 Å². The number of aliphatic hydroxyl groups is 1. The second kappa shape index (κ2) is 5.07. The van der Waals surface area contributed by atoms with Crippen molar-refractivity contribution in [1.29, 1.82) is 0 Å². The van der Waals surface area contributed by atoms with Gasteiger partial charge >= 0.3 is 0 Å². The Balaban J connectivity index is 2.53. The Morgan fingerprint density at radius 3 is 2.75 bits per heavy atom. The second-order valence-corrected chi connectivity index (χ2v) is 3.32. The molecule has 0 unspecified atom stereocenters. The molecule has 1 aromatic rings. The van der Waals surface area contributed by atoms with Gasteiger partial charge in [0.2, 0.25) is 0 Å². The van der Waals surface area contributed by atoms with Crippen LogP contribution in [0.4, 0.5) is 8.78 Å². The van der Waals surface area contributed by atoms with Crippen molar-refractivity contribution >= 4 is 5.91 Å². The van der Waals surface area contributed by atoms with Crippen molar-refractivity contribution in [3.63, 3.8) is 0 Å². The van der Waals surface area contributed by atoms with Crippen LogP contribution in [0.25, 0.3) is 0 Å². The summed E-state index contributed by atoms with van der Waals surface area (Å²) in [7, 11) is 0. The molecule has 16 heavy (non-hydrogen) atoms. The van der Waals surface area contributed by atoms with Crippen molar-refractivity contribution in [2.24, 2.45) is 0 Å². The van der Waals surface area contributed by atoms with Crippen LogP contribution in [0.15, 0.2) is 16.5 Å². The fraction of sp³-hybridized carbons (Fsp3) is 0.500. The van der Waals surface area contributed by atoms with E-state index in [4.69, 9.17) is 9.52 Å². The number of hydrogen-bond donors (Lipinski definition) is 2. The molecule has 0 bridgehead atoms. The average Bonchev–Trinajstić information content (AvgIpc) is 2.74. The second-order valence-electron chi connectivity index (χ2n) is 3.32. The van der Waals surface area contributed by atoms with Gasteiger partial charge < -0.3 is 14.8 Å². The molecule has 0 fully saturated rings. The molecule has 0 atom stereocenters. The van der Waals surface area contributed by atoms with E-state index >= 15 is 0 Å². The first kappa shape index (κ1) is 12.6. The standard InChI is InChI=1S/C10H13F2NO3/c1-2-7-3-4-8(16-7)9(15)13-5-10(11,12)6-14/h3-4,14H,2,5-6H2,1H3,(H,13,15). The Hall–Kier alpha value is -1.43. The molecule has 0 radical (unpaired) electrons. The maximum absolute atomic E-state index is 12.6. The van der Waals surface area contributed by atoms with Gasteiger partial charge in [-0.2, -0.15) is 0 Å². The predicted octanol–water partition coefficient (Wildman–Crippen LogP) is 1.20. The summed E-state index contributed by atoms with van der Waals surface area (Å²) in [6.45, 7) is -0.365. The number of nitrogens with one attached hydrogen (secondary N) is 1. The van der Waals surface area contributed by atoms with E-state index in [2.05, 4.69) is 0 Å². The van der Waals surface area contributed by atoms with Crippen molar-refractivity contribution in [3.8, 4) is 0 Å². The van der Waals surface area contributed by atoms with Crippen LogP contribution in [0.2, 0.25) is 0 Å². The largest absolute Gasteiger partial charge is 0.456 e. The van der Waals surface area contributed by atoms with Crippen LogP contribution in [-0.2, 0) is 6.42 Å². The molecule has 0 saturated carbocycles. The zero-order valence-electron chi connectivity index (χ0n) is 8.80. The van der Waals surface area contributed by atoms with E-state index in [0.717, 1.165) is 0 Å². The van der Waals surface area contributed by atoms with E-state index in [1.807, 2.05) is 12.2 Å². The fourth-order valence-corrected chi connectivity index (χ4v) is 1.04. The first-order valence-electron chi connectivity index (χ1n) is 4.84. The third-order valence-corrected chi connectivity index (χ3v) is 1.97. The summed E-state index contributed by atoms with van der Waals surface area (Å²) in [5, 5.41) is 10.3. The molecule has 0 aliphatic heterocycles. The summed E-state index contributed by atoms with van der Waals surface area (Å²) in [6, 6.07) is 3.03. The quantitative estimate of drug-likeness (QED) is 0.803. The third-order valence-electron chi connectivity index (χ3n) is 1.97. The van der Waals surface area contributed by atoms with Crippen LogP contribution in [-0.4, -0.2) is 30.1 Å². The van der Waals surface area contributed by atoms with Crippen LogP contribution in [0.1, 0.15) is 23.2 Å². The van der Waals surface area contributed by atoms with Gasteiger partial charge in [-0.3, -0.25) is 4.79 Å². The van der Waals surface area contributed by atoms with E-state index in [9.17, 15) is 13.6 Å². The molecule has 4 nitrogen and oxygen atoms in total. The van der Waals surface area contributed by atoms with Crippen LogP contribution < -0.4 is 5.32 Å². The van der Waals surface area contributed by atoms with E-state index < -0.39 is 25.0 Å². The van der Waals surface area contributed by atoms with Crippen molar-refractivity contribution in [1.82, 2.24) is 5.32 Å². The topological polar surface area (TPSA) is 62.5 Å².